The summed E-state index contributed by atoms with van der Waals surface area (Å²) in [6.07, 6.45) is 1.52. The van der Waals surface area contributed by atoms with Gasteiger partial charge in [-0.05, 0) is 12.1 Å². The Labute approximate surface area is 123 Å². The molecule has 0 spiro atoms. The van der Waals surface area contributed by atoms with E-state index < -0.39 is 0 Å². The number of ether oxygens (including phenoxy) is 1. The zero-order chi connectivity index (χ0) is 15.1. The van der Waals surface area contributed by atoms with E-state index in [2.05, 4.69) is 20.6 Å². The quantitative estimate of drug-likeness (QED) is 0.796. The van der Waals surface area contributed by atoms with Crippen LogP contribution in [0.2, 0.25) is 0 Å². The minimum atomic E-state index is -0.0885. The largest absolute Gasteiger partial charge is 0.383 e. The lowest BCUT2D eigenvalue weighted by atomic mass is 10.1. The second-order valence-electron chi connectivity index (χ2n) is 4.47. The zero-order valence-corrected chi connectivity index (χ0v) is 12.1. The number of hydrogen-bond donors (Lipinski definition) is 2. The van der Waals surface area contributed by atoms with Crippen molar-refractivity contribution in [1.29, 1.82) is 0 Å². The van der Waals surface area contributed by atoms with Crippen LogP contribution in [0.4, 0.5) is 11.5 Å². The summed E-state index contributed by atoms with van der Waals surface area (Å²) >= 11 is 0. The van der Waals surface area contributed by atoms with E-state index in [9.17, 15) is 4.79 Å². The second kappa shape index (κ2) is 7.35. The highest BCUT2D eigenvalue weighted by molar-refractivity contribution is 5.88. The molecule has 0 atom stereocenters. The number of rotatable bonds is 6. The number of methoxy groups -OCH3 is 1. The highest BCUT2D eigenvalue weighted by Gasteiger charge is 2.03. The lowest BCUT2D eigenvalue weighted by Gasteiger charge is -2.07. The molecule has 0 saturated carbocycles. The number of hydrogen-bond acceptors (Lipinski definition) is 5. The summed E-state index contributed by atoms with van der Waals surface area (Å²) in [5.74, 6) is 0.664. The van der Waals surface area contributed by atoms with Crippen LogP contribution < -0.4 is 10.6 Å². The first kappa shape index (κ1) is 14.9. The monoisotopic (exact) mass is 286 g/mol. The molecule has 110 valence electrons. The average molecular weight is 286 g/mol. The Morgan fingerprint density at radius 2 is 2.00 bits per heavy atom. The first-order chi connectivity index (χ1) is 10.2. The lowest BCUT2D eigenvalue weighted by molar-refractivity contribution is -0.114. The number of carbonyl (C=O) groups excluding carboxylic acids is 1. The van der Waals surface area contributed by atoms with Crippen LogP contribution in [0.25, 0.3) is 11.3 Å². The predicted octanol–water partition coefficient (Wildman–Crippen LogP) is 2.16. The molecular weight excluding hydrogens is 268 g/mol. The van der Waals surface area contributed by atoms with Crippen molar-refractivity contribution in [3.8, 4) is 11.3 Å². The molecular formula is C15H18N4O2. The van der Waals surface area contributed by atoms with E-state index in [1.165, 1.54) is 13.3 Å². The topological polar surface area (TPSA) is 76.1 Å². The molecule has 0 radical (unpaired) electrons. The number of anilines is 2. The Bertz CT molecular complexity index is 599. The number of aromatic nitrogens is 2. The van der Waals surface area contributed by atoms with Crippen molar-refractivity contribution in [3.63, 3.8) is 0 Å². The molecule has 1 amide bonds. The summed E-state index contributed by atoms with van der Waals surface area (Å²) in [6.45, 7) is 2.79. The molecule has 6 nitrogen and oxygen atoms in total. The normalized spacial score (nSPS) is 10.2. The summed E-state index contributed by atoms with van der Waals surface area (Å²) < 4.78 is 4.98. The fraction of sp³-hybridized carbons (Fsp3) is 0.267. The van der Waals surface area contributed by atoms with Gasteiger partial charge in [0, 0.05) is 37.9 Å². The molecule has 0 unspecified atom stereocenters. The van der Waals surface area contributed by atoms with Gasteiger partial charge in [-0.3, -0.25) is 4.79 Å². The van der Waals surface area contributed by atoms with Gasteiger partial charge < -0.3 is 15.4 Å². The van der Waals surface area contributed by atoms with Crippen LogP contribution >= 0.6 is 0 Å². The molecule has 2 N–H and O–H groups in total. The second-order valence-corrected chi connectivity index (χ2v) is 4.47. The molecule has 0 fully saturated rings. The SMILES string of the molecule is COCCNc1cc(-c2ccc(NC(C)=O)cc2)ncn1. The van der Waals surface area contributed by atoms with Gasteiger partial charge in [0.15, 0.2) is 0 Å². The van der Waals surface area contributed by atoms with Crippen molar-refractivity contribution in [2.24, 2.45) is 0 Å². The summed E-state index contributed by atoms with van der Waals surface area (Å²) in [5, 5.41) is 5.89. The molecule has 2 rings (SSSR count). The maximum Gasteiger partial charge on any atom is 0.221 e. The molecule has 0 bridgehead atoms. The molecule has 0 aliphatic heterocycles. The first-order valence-electron chi connectivity index (χ1n) is 6.62. The minimum absolute atomic E-state index is 0.0885. The number of carbonyl (C=O) groups is 1. The van der Waals surface area contributed by atoms with Crippen LogP contribution in [0, 0.1) is 0 Å². The molecule has 1 heterocycles. The highest BCUT2D eigenvalue weighted by atomic mass is 16.5. The van der Waals surface area contributed by atoms with Crippen molar-refractivity contribution in [2.75, 3.05) is 30.9 Å². The van der Waals surface area contributed by atoms with Crippen LogP contribution in [-0.4, -0.2) is 36.1 Å². The molecule has 21 heavy (non-hydrogen) atoms. The van der Waals surface area contributed by atoms with E-state index in [0.29, 0.717) is 13.2 Å². The van der Waals surface area contributed by atoms with Crippen LogP contribution in [0.15, 0.2) is 36.7 Å². The number of nitrogens with one attached hydrogen (secondary N) is 2. The predicted molar refractivity (Wildman–Crippen MR) is 82.1 cm³/mol. The third kappa shape index (κ3) is 4.54. The van der Waals surface area contributed by atoms with Gasteiger partial charge in [0.2, 0.25) is 5.91 Å². The lowest BCUT2D eigenvalue weighted by Crippen LogP contribution is -2.09. The molecule has 0 saturated heterocycles. The van der Waals surface area contributed by atoms with E-state index in [0.717, 1.165) is 22.8 Å². The Morgan fingerprint density at radius 1 is 1.24 bits per heavy atom. The minimum Gasteiger partial charge on any atom is -0.383 e. The summed E-state index contributed by atoms with van der Waals surface area (Å²) in [7, 11) is 1.66. The average Bonchev–Trinajstić information content (AvgIpc) is 2.48. The number of benzene rings is 1. The van der Waals surface area contributed by atoms with Crippen LogP contribution in [0.3, 0.4) is 0 Å². The highest BCUT2D eigenvalue weighted by Crippen LogP contribution is 2.20. The van der Waals surface area contributed by atoms with E-state index in [4.69, 9.17) is 4.74 Å². The summed E-state index contributed by atoms with van der Waals surface area (Å²) in [4.78, 5) is 19.4. The van der Waals surface area contributed by atoms with Gasteiger partial charge in [0.1, 0.15) is 12.1 Å². The maximum atomic E-state index is 11.0. The van der Waals surface area contributed by atoms with Gasteiger partial charge in [-0.25, -0.2) is 9.97 Å². The van der Waals surface area contributed by atoms with E-state index in [-0.39, 0.29) is 5.91 Å². The molecule has 6 heteroatoms. The number of amides is 1. The van der Waals surface area contributed by atoms with Gasteiger partial charge in [-0.2, -0.15) is 0 Å². The van der Waals surface area contributed by atoms with Crippen molar-refractivity contribution in [2.45, 2.75) is 6.92 Å². The van der Waals surface area contributed by atoms with Gasteiger partial charge in [0.25, 0.3) is 0 Å². The molecule has 1 aromatic heterocycles. The van der Waals surface area contributed by atoms with Crippen LogP contribution in [-0.2, 0) is 9.53 Å². The van der Waals surface area contributed by atoms with Gasteiger partial charge in [-0.15, -0.1) is 0 Å². The third-order valence-electron chi connectivity index (χ3n) is 2.78. The van der Waals surface area contributed by atoms with Crippen molar-refractivity contribution in [3.05, 3.63) is 36.7 Å². The van der Waals surface area contributed by atoms with Gasteiger partial charge in [0.05, 0.1) is 12.3 Å². The van der Waals surface area contributed by atoms with Gasteiger partial charge in [-0.1, -0.05) is 12.1 Å². The smallest absolute Gasteiger partial charge is 0.221 e. The Balaban J connectivity index is 2.10. The Hall–Kier alpha value is -2.47. The third-order valence-corrected chi connectivity index (χ3v) is 2.78. The maximum absolute atomic E-state index is 11.0. The standard InChI is InChI=1S/C15H18N4O2/c1-11(20)19-13-5-3-12(4-6-13)14-9-15(18-10-17-14)16-7-8-21-2/h3-6,9-10H,7-8H2,1-2H3,(H,19,20)(H,16,17,18). The fourth-order valence-electron chi connectivity index (χ4n) is 1.82. The van der Waals surface area contributed by atoms with Crippen molar-refractivity contribution >= 4 is 17.4 Å². The molecule has 2 aromatic rings. The van der Waals surface area contributed by atoms with Crippen LogP contribution in [0.5, 0.6) is 0 Å². The van der Waals surface area contributed by atoms with Crippen molar-refractivity contribution < 1.29 is 9.53 Å². The Kier molecular flexibility index (Phi) is 5.22. The van der Waals surface area contributed by atoms with Crippen LogP contribution in [0.1, 0.15) is 6.92 Å². The fourth-order valence-corrected chi connectivity index (χ4v) is 1.82. The van der Waals surface area contributed by atoms with Crippen molar-refractivity contribution in [1.82, 2.24) is 9.97 Å². The first-order valence-corrected chi connectivity index (χ1v) is 6.62. The van der Waals surface area contributed by atoms with E-state index in [1.54, 1.807) is 7.11 Å². The molecule has 1 aromatic carbocycles. The Morgan fingerprint density at radius 3 is 2.67 bits per heavy atom. The van der Waals surface area contributed by atoms with E-state index in [1.807, 2.05) is 30.3 Å². The molecule has 0 aliphatic carbocycles. The number of nitrogens with zero attached hydrogens (tertiary/aromatic N) is 2. The summed E-state index contributed by atoms with van der Waals surface area (Å²) in [5.41, 5.74) is 2.54. The summed E-state index contributed by atoms with van der Waals surface area (Å²) in [6, 6.07) is 9.38. The van der Waals surface area contributed by atoms with E-state index >= 15 is 0 Å². The molecule has 0 aliphatic rings. The van der Waals surface area contributed by atoms with Gasteiger partial charge >= 0.3 is 0 Å². The zero-order valence-electron chi connectivity index (χ0n) is 12.1.